The maximum Gasteiger partial charge on any atom is 0.310 e. The van der Waals surface area contributed by atoms with Gasteiger partial charge in [0.25, 0.3) is 0 Å². The predicted molar refractivity (Wildman–Crippen MR) is 81.1 cm³/mol. The number of rotatable bonds is 7. The van der Waals surface area contributed by atoms with Crippen molar-refractivity contribution in [2.45, 2.75) is 39.7 Å². The molecule has 0 spiro atoms. The molecule has 1 rings (SSSR count). The first kappa shape index (κ1) is 17.0. The Kier molecular flexibility index (Phi) is 6.02. The second-order valence-electron chi connectivity index (χ2n) is 4.92. The molecule has 1 amide bonds. The van der Waals surface area contributed by atoms with Gasteiger partial charge in [0, 0.05) is 18.3 Å². The normalized spacial score (nSPS) is 11.4. The number of halogens is 1. The Morgan fingerprint density at radius 2 is 1.95 bits per heavy atom. The van der Waals surface area contributed by atoms with Crippen LogP contribution in [0.5, 0.6) is 0 Å². The lowest BCUT2D eigenvalue weighted by molar-refractivity contribution is -0.154. The van der Waals surface area contributed by atoms with Gasteiger partial charge in [0.05, 0.1) is 16.3 Å². The van der Waals surface area contributed by atoms with Crippen LogP contribution in [0.4, 0.5) is 0 Å². The van der Waals surface area contributed by atoms with Crippen molar-refractivity contribution in [3.63, 3.8) is 0 Å². The van der Waals surface area contributed by atoms with Crippen molar-refractivity contribution < 1.29 is 14.7 Å². The summed E-state index contributed by atoms with van der Waals surface area (Å²) in [4.78, 5) is 26.2. The van der Waals surface area contributed by atoms with Gasteiger partial charge in [0.15, 0.2) is 0 Å². The minimum atomic E-state index is -0.960. The monoisotopic (exact) mass is 317 g/mol. The lowest BCUT2D eigenvalue weighted by Gasteiger charge is -2.28. The van der Waals surface area contributed by atoms with E-state index < -0.39 is 11.4 Å². The molecule has 1 N–H and O–H groups in total. The molecule has 4 nitrogen and oxygen atoms in total. The van der Waals surface area contributed by atoms with Gasteiger partial charge in [-0.15, -0.1) is 11.3 Å². The van der Waals surface area contributed by atoms with Crippen molar-refractivity contribution >= 4 is 34.8 Å². The summed E-state index contributed by atoms with van der Waals surface area (Å²) in [6, 6.07) is 3.67. The Labute approximate surface area is 128 Å². The van der Waals surface area contributed by atoms with Gasteiger partial charge in [-0.3, -0.25) is 9.59 Å². The Balaban J connectivity index is 2.71. The van der Waals surface area contributed by atoms with Crippen molar-refractivity contribution in [1.29, 1.82) is 0 Å². The zero-order valence-electron chi connectivity index (χ0n) is 12.0. The number of aliphatic carboxylic acids is 1. The van der Waals surface area contributed by atoms with E-state index in [-0.39, 0.29) is 12.3 Å². The first-order valence-corrected chi connectivity index (χ1v) is 7.75. The highest BCUT2D eigenvalue weighted by atomic mass is 35.5. The van der Waals surface area contributed by atoms with Crippen molar-refractivity contribution in [3.8, 4) is 0 Å². The number of nitrogens with zero attached hydrogens (tertiary/aromatic N) is 1. The summed E-state index contributed by atoms with van der Waals surface area (Å²) in [6.07, 6.45) is 0.928. The van der Waals surface area contributed by atoms with Crippen molar-refractivity contribution in [2.24, 2.45) is 5.41 Å². The molecule has 0 atom stereocenters. The minimum Gasteiger partial charge on any atom is -0.481 e. The van der Waals surface area contributed by atoms with Crippen LogP contribution in [0.1, 0.15) is 38.0 Å². The first-order chi connectivity index (χ1) is 9.34. The Morgan fingerprint density at radius 1 is 1.35 bits per heavy atom. The molecule has 20 heavy (non-hydrogen) atoms. The molecule has 0 fully saturated rings. The largest absolute Gasteiger partial charge is 0.481 e. The topological polar surface area (TPSA) is 57.6 Å². The molecule has 0 aliphatic heterocycles. The third kappa shape index (κ3) is 3.96. The quantitative estimate of drug-likeness (QED) is 0.835. The van der Waals surface area contributed by atoms with E-state index in [4.69, 9.17) is 11.6 Å². The molecular formula is C14H20ClNO3S. The zero-order chi connectivity index (χ0) is 15.3. The van der Waals surface area contributed by atoms with Crippen LogP contribution in [0, 0.1) is 5.41 Å². The summed E-state index contributed by atoms with van der Waals surface area (Å²) in [6.45, 7) is 4.08. The molecule has 0 saturated carbocycles. The second kappa shape index (κ2) is 7.09. The van der Waals surface area contributed by atoms with E-state index in [1.807, 2.05) is 19.9 Å². The fourth-order valence-corrected chi connectivity index (χ4v) is 3.20. The van der Waals surface area contributed by atoms with Crippen LogP contribution in [0.3, 0.4) is 0 Å². The molecule has 0 aliphatic rings. The smallest absolute Gasteiger partial charge is 0.310 e. The summed E-state index contributed by atoms with van der Waals surface area (Å²) in [5.74, 6) is -1.05. The van der Waals surface area contributed by atoms with Crippen LogP contribution in [-0.4, -0.2) is 28.9 Å². The highest BCUT2D eigenvalue weighted by Gasteiger charge is 2.37. The number of carbonyl (C=O) groups excluding carboxylic acids is 1. The van der Waals surface area contributed by atoms with Crippen LogP contribution in [0.2, 0.25) is 4.34 Å². The fraction of sp³-hybridized carbons (Fsp3) is 0.571. The predicted octanol–water partition coefficient (Wildman–Crippen LogP) is 3.64. The van der Waals surface area contributed by atoms with E-state index in [9.17, 15) is 14.7 Å². The van der Waals surface area contributed by atoms with E-state index in [1.165, 1.54) is 11.3 Å². The maximum atomic E-state index is 12.2. The average Bonchev–Trinajstić information content (AvgIpc) is 2.80. The van der Waals surface area contributed by atoms with Crippen molar-refractivity contribution in [2.75, 3.05) is 7.05 Å². The number of thiophene rings is 1. The van der Waals surface area contributed by atoms with Gasteiger partial charge in [-0.05, 0) is 25.0 Å². The number of carboxylic acid groups (broad SMARTS) is 1. The number of carbonyl (C=O) groups is 2. The van der Waals surface area contributed by atoms with Gasteiger partial charge in [0.2, 0.25) is 5.91 Å². The Bertz CT molecular complexity index is 483. The van der Waals surface area contributed by atoms with Gasteiger partial charge in [-0.25, -0.2) is 0 Å². The molecular weight excluding hydrogens is 298 g/mol. The molecule has 1 aromatic heterocycles. The van der Waals surface area contributed by atoms with Crippen LogP contribution < -0.4 is 0 Å². The Morgan fingerprint density at radius 3 is 2.35 bits per heavy atom. The van der Waals surface area contributed by atoms with Gasteiger partial charge in [-0.1, -0.05) is 25.4 Å². The molecule has 0 aromatic carbocycles. The first-order valence-electron chi connectivity index (χ1n) is 6.56. The SMILES string of the molecule is CCC(CC)(CC(=O)N(C)Cc1ccc(Cl)s1)C(=O)O. The van der Waals surface area contributed by atoms with E-state index in [0.717, 1.165) is 4.88 Å². The van der Waals surface area contributed by atoms with Crippen molar-refractivity contribution in [1.82, 2.24) is 4.90 Å². The average molecular weight is 318 g/mol. The number of hydrogen-bond donors (Lipinski definition) is 1. The van der Waals surface area contributed by atoms with Gasteiger partial charge in [0.1, 0.15) is 0 Å². The van der Waals surface area contributed by atoms with E-state index in [1.54, 1.807) is 18.0 Å². The van der Waals surface area contributed by atoms with E-state index >= 15 is 0 Å². The summed E-state index contributed by atoms with van der Waals surface area (Å²) in [5, 5.41) is 9.36. The molecule has 6 heteroatoms. The molecule has 0 bridgehead atoms. The summed E-state index contributed by atoms with van der Waals surface area (Å²) in [5.41, 5.74) is -0.960. The van der Waals surface area contributed by atoms with Crippen LogP contribution in [0.25, 0.3) is 0 Å². The third-order valence-electron chi connectivity index (χ3n) is 3.74. The molecule has 0 unspecified atom stereocenters. The Hall–Kier alpha value is -1.07. The minimum absolute atomic E-state index is 0.0327. The fourth-order valence-electron chi connectivity index (χ4n) is 2.06. The third-order valence-corrected chi connectivity index (χ3v) is 4.96. The summed E-state index contributed by atoms with van der Waals surface area (Å²) >= 11 is 7.28. The highest BCUT2D eigenvalue weighted by molar-refractivity contribution is 7.16. The van der Waals surface area contributed by atoms with E-state index in [0.29, 0.717) is 23.7 Å². The molecule has 0 aliphatic carbocycles. The lowest BCUT2D eigenvalue weighted by Crippen LogP contribution is -2.37. The van der Waals surface area contributed by atoms with Crippen LogP contribution in [0.15, 0.2) is 12.1 Å². The number of amides is 1. The molecule has 1 heterocycles. The lowest BCUT2D eigenvalue weighted by atomic mass is 9.79. The van der Waals surface area contributed by atoms with Crippen molar-refractivity contribution in [3.05, 3.63) is 21.3 Å². The van der Waals surface area contributed by atoms with Gasteiger partial charge in [-0.2, -0.15) is 0 Å². The second-order valence-corrected chi connectivity index (χ2v) is 6.72. The van der Waals surface area contributed by atoms with Crippen LogP contribution in [-0.2, 0) is 16.1 Å². The number of carboxylic acids is 1. The van der Waals surface area contributed by atoms with E-state index in [2.05, 4.69) is 0 Å². The number of hydrogen-bond acceptors (Lipinski definition) is 3. The molecule has 1 aromatic rings. The summed E-state index contributed by atoms with van der Waals surface area (Å²) in [7, 11) is 1.69. The van der Waals surface area contributed by atoms with Gasteiger partial charge < -0.3 is 10.0 Å². The molecule has 0 saturated heterocycles. The highest BCUT2D eigenvalue weighted by Crippen LogP contribution is 2.32. The van der Waals surface area contributed by atoms with Crippen LogP contribution >= 0.6 is 22.9 Å². The molecule has 0 radical (unpaired) electrons. The standard InChI is InChI=1S/C14H20ClNO3S/c1-4-14(5-2,13(18)19)8-12(17)16(3)9-10-6-7-11(15)20-10/h6-7H,4-5,8-9H2,1-3H3,(H,18,19). The maximum absolute atomic E-state index is 12.2. The summed E-state index contributed by atoms with van der Waals surface area (Å²) < 4.78 is 0.683. The molecule has 112 valence electrons. The van der Waals surface area contributed by atoms with Gasteiger partial charge >= 0.3 is 5.97 Å². The zero-order valence-corrected chi connectivity index (χ0v) is 13.6.